The van der Waals surface area contributed by atoms with E-state index in [2.05, 4.69) is 5.32 Å². The number of hydrogen-bond donors (Lipinski definition) is 2. The summed E-state index contributed by atoms with van der Waals surface area (Å²) in [5.41, 5.74) is 6.04. The third-order valence-corrected chi connectivity index (χ3v) is 3.22. The molecule has 1 saturated heterocycles. The second-order valence-electron chi connectivity index (χ2n) is 4.83. The Morgan fingerprint density at radius 1 is 1.45 bits per heavy atom. The molecule has 1 heterocycles. The van der Waals surface area contributed by atoms with E-state index in [1.807, 2.05) is 0 Å². The molecule has 0 aliphatic carbocycles. The third-order valence-electron chi connectivity index (χ3n) is 3.22. The van der Waals surface area contributed by atoms with E-state index in [9.17, 15) is 9.59 Å². The van der Waals surface area contributed by atoms with Crippen LogP contribution in [-0.2, 0) is 9.59 Å². The maximum atomic E-state index is 12.0. The third kappa shape index (κ3) is 3.48. The van der Waals surface area contributed by atoms with Gasteiger partial charge in [-0.25, -0.2) is 0 Å². The number of hydrogen-bond acceptors (Lipinski definition) is 4. The number of anilines is 1. The van der Waals surface area contributed by atoms with Crippen molar-refractivity contribution in [3.8, 4) is 5.75 Å². The van der Waals surface area contributed by atoms with Gasteiger partial charge in [-0.1, -0.05) is 0 Å². The second-order valence-corrected chi connectivity index (χ2v) is 4.83. The summed E-state index contributed by atoms with van der Waals surface area (Å²) < 4.78 is 5.35. The fraction of sp³-hybridized carbons (Fsp3) is 0.429. The molecule has 1 atom stereocenters. The number of amides is 2. The van der Waals surface area contributed by atoms with Crippen LogP contribution in [0.25, 0.3) is 0 Å². The van der Waals surface area contributed by atoms with Gasteiger partial charge in [0, 0.05) is 32.2 Å². The summed E-state index contributed by atoms with van der Waals surface area (Å²) in [6.07, 6.45) is 0.278. The molecule has 108 valence electrons. The summed E-state index contributed by atoms with van der Waals surface area (Å²) in [6.45, 7) is 1.40. The minimum absolute atomic E-state index is 0.00989. The number of ether oxygens (including phenoxy) is 1. The molecule has 1 aliphatic rings. The monoisotopic (exact) mass is 277 g/mol. The molecule has 1 unspecified atom stereocenters. The first-order chi connectivity index (χ1) is 9.60. The molecule has 0 radical (unpaired) electrons. The quantitative estimate of drug-likeness (QED) is 0.818. The zero-order chi connectivity index (χ0) is 14.5. The van der Waals surface area contributed by atoms with Gasteiger partial charge in [-0.3, -0.25) is 9.59 Å². The van der Waals surface area contributed by atoms with Crippen molar-refractivity contribution in [2.24, 2.45) is 11.7 Å². The Kier molecular flexibility index (Phi) is 4.57. The van der Waals surface area contributed by atoms with Crippen molar-refractivity contribution >= 4 is 17.5 Å². The summed E-state index contributed by atoms with van der Waals surface area (Å²) in [4.78, 5) is 25.0. The lowest BCUT2D eigenvalue weighted by molar-refractivity contribution is -0.127. The molecule has 20 heavy (non-hydrogen) atoms. The van der Waals surface area contributed by atoms with Gasteiger partial charge in [0.05, 0.1) is 5.92 Å². The predicted octanol–water partition coefficient (Wildman–Crippen LogP) is 0.441. The first-order valence-electron chi connectivity index (χ1n) is 6.58. The van der Waals surface area contributed by atoms with Crippen molar-refractivity contribution in [1.82, 2.24) is 4.90 Å². The molecule has 0 bridgehead atoms. The fourth-order valence-electron chi connectivity index (χ4n) is 2.09. The Bertz CT molecular complexity index is 487. The summed E-state index contributed by atoms with van der Waals surface area (Å²) in [7, 11) is 1.71. The van der Waals surface area contributed by atoms with Crippen LogP contribution >= 0.6 is 0 Å². The smallest absolute Gasteiger partial charge is 0.229 e. The second kappa shape index (κ2) is 6.38. The van der Waals surface area contributed by atoms with Crippen molar-refractivity contribution in [2.45, 2.75) is 6.42 Å². The maximum absolute atomic E-state index is 12.0. The van der Waals surface area contributed by atoms with Crippen LogP contribution in [0.3, 0.4) is 0 Å². The molecule has 1 aromatic carbocycles. The van der Waals surface area contributed by atoms with Crippen molar-refractivity contribution in [2.75, 3.05) is 32.1 Å². The summed E-state index contributed by atoms with van der Waals surface area (Å²) in [5.74, 6) is 0.318. The topological polar surface area (TPSA) is 84.7 Å². The van der Waals surface area contributed by atoms with E-state index < -0.39 is 0 Å². The molecule has 1 aliphatic heterocycles. The van der Waals surface area contributed by atoms with Crippen LogP contribution in [0, 0.1) is 5.92 Å². The molecule has 6 heteroatoms. The SMILES string of the molecule is CN1CC(C(=O)Nc2ccc(OCCN)cc2)CC1=O. The van der Waals surface area contributed by atoms with Crippen LogP contribution in [0.5, 0.6) is 5.75 Å². The lowest BCUT2D eigenvalue weighted by atomic mass is 10.1. The molecule has 0 aromatic heterocycles. The molecular formula is C14H19N3O3. The van der Waals surface area contributed by atoms with E-state index in [4.69, 9.17) is 10.5 Å². The first-order valence-corrected chi connectivity index (χ1v) is 6.58. The molecule has 3 N–H and O–H groups in total. The number of benzene rings is 1. The lowest BCUT2D eigenvalue weighted by Gasteiger charge is -2.11. The van der Waals surface area contributed by atoms with Crippen LogP contribution < -0.4 is 15.8 Å². The predicted molar refractivity (Wildman–Crippen MR) is 75.4 cm³/mol. The van der Waals surface area contributed by atoms with E-state index in [1.165, 1.54) is 0 Å². The van der Waals surface area contributed by atoms with Gasteiger partial charge in [-0.05, 0) is 24.3 Å². The van der Waals surface area contributed by atoms with Gasteiger partial charge in [0.25, 0.3) is 0 Å². The summed E-state index contributed by atoms with van der Waals surface area (Å²) >= 11 is 0. The van der Waals surface area contributed by atoms with Crippen molar-refractivity contribution < 1.29 is 14.3 Å². The maximum Gasteiger partial charge on any atom is 0.229 e. The van der Waals surface area contributed by atoms with Gasteiger partial charge in [-0.15, -0.1) is 0 Å². The molecule has 0 saturated carbocycles. The van der Waals surface area contributed by atoms with Gasteiger partial charge >= 0.3 is 0 Å². The highest BCUT2D eigenvalue weighted by molar-refractivity contribution is 5.97. The lowest BCUT2D eigenvalue weighted by Crippen LogP contribution is -2.25. The number of carbonyl (C=O) groups excluding carboxylic acids is 2. The number of carbonyl (C=O) groups is 2. The Morgan fingerprint density at radius 2 is 2.15 bits per heavy atom. The van der Waals surface area contributed by atoms with E-state index >= 15 is 0 Å². The van der Waals surface area contributed by atoms with Crippen molar-refractivity contribution in [3.63, 3.8) is 0 Å². The zero-order valence-electron chi connectivity index (χ0n) is 11.5. The zero-order valence-corrected chi connectivity index (χ0v) is 11.5. The van der Waals surface area contributed by atoms with E-state index in [0.29, 0.717) is 31.1 Å². The van der Waals surface area contributed by atoms with E-state index in [-0.39, 0.29) is 24.2 Å². The Balaban J connectivity index is 1.90. The van der Waals surface area contributed by atoms with Gasteiger partial charge in [0.15, 0.2) is 0 Å². The highest BCUT2D eigenvalue weighted by Gasteiger charge is 2.31. The van der Waals surface area contributed by atoms with Gasteiger partial charge in [0.1, 0.15) is 12.4 Å². The number of nitrogens with zero attached hydrogens (tertiary/aromatic N) is 1. The highest BCUT2D eigenvalue weighted by Crippen LogP contribution is 2.20. The number of nitrogens with one attached hydrogen (secondary N) is 1. The highest BCUT2D eigenvalue weighted by atomic mass is 16.5. The van der Waals surface area contributed by atoms with Gasteiger partial charge in [-0.2, -0.15) is 0 Å². The van der Waals surface area contributed by atoms with Crippen LogP contribution in [0.15, 0.2) is 24.3 Å². The fourth-order valence-corrected chi connectivity index (χ4v) is 2.09. The van der Waals surface area contributed by atoms with Crippen LogP contribution in [0.1, 0.15) is 6.42 Å². The summed E-state index contributed by atoms with van der Waals surface area (Å²) in [6, 6.07) is 7.09. The molecule has 2 rings (SSSR count). The van der Waals surface area contributed by atoms with Crippen LogP contribution in [-0.4, -0.2) is 43.5 Å². The standard InChI is InChI=1S/C14H19N3O3/c1-17-9-10(8-13(17)18)14(19)16-11-2-4-12(5-3-11)20-7-6-15/h2-5,10H,6-9,15H2,1H3,(H,16,19). The first kappa shape index (κ1) is 14.3. The van der Waals surface area contributed by atoms with Gasteiger partial charge in [0.2, 0.25) is 11.8 Å². The minimum atomic E-state index is -0.277. The normalized spacial score (nSPS) is 18.2. The number of likely N-dealkylation sites (tertiary alicyclic amines) is 1. The summed E-state index contributed by atoms with van der Waals surface area (Å²) in [5, 5.41) is 2.81. The molecule has 1 fully saturated rings. The van der Waals surface area contributed by atoms with Crippen LogP contribution in [0.2, 0.25) is 0 Å². The molecule has 1 aromatic rings. The largest absolute Gasteiger partial charge is 0.492 e. The van der Waals surface area contributed by atoms with E-state index in [1.54, 1.807) is 36.2 Å². The van der Waals surface area contributed by atoms with Crippen molar-refractivity contribution in [3.05, 3.63) is 24.3 Å². The molecule has 2 amide bonds. The Morgan fingerprint density at radius 3 is 2.70 bits per heavy atom. The molecular weight excluding hydrogens is 258 g/mol. The molecule has 6 nitrogen and oxygen atoms in total. The average molecular weight is 277 g/mol. The Labute approximate surface area is 117 Å². The van der Waals surface area contributed by atoms with E-state index in [0.717, 1.165) is 0 Å². The minimum Gasteiger partial charge on any atom is -0.492 e. The number of rotatable bonds is 5. The number of nitrogens with two attached hydrogens (primary N) is 1. The van der Waals surface area contributed by atoms with Gasteiger partial charge < -0.3 is 20.7 Å². The average Bonchev–Trinajstić information content (AvgIpc) is 2.78. The van der Waals surface area contributed by atoms with Crippen molar-refractivity contribution in [1.29, 1.82) is 0 Å². The molecule has 0 spiro atoms. The van der Waals surface area contributed by atoms with Crippen LogP contribution in [0.4, 0.5) is 5.69 Å². The Hall–Kier alpha value is -2.08.